The Balaban J connectivity index is 1.86. The van der Waals surface area contributed by atoms with Gasteiger partial charge in [-0.3, -0.25) is 4.98 Å². The average Bonchev–Trinajstić information content (AvgIpc) is 3.42. The first-order valence-corrected chi connectivity index (χ1v) is 9.05. The third-order valence-electron chi connectivity index (χ3n) is 4.21. The Bertz CT molecular complexity index is 943. The minimum absolute atomic E-state index is 0.503. The number of nitrogens with zero attached hydrogens (tertiary/aromatic N) is 3. The molecular formula is C19H19N3O2S. The van der Waals surface area contributed by atoms with E-state index in [2.05, 4.69) is 14.9 Å². The van der Waals surface area contributed by atoms with Crippen LogP contribution in [-0.2, 0) is 0 Å². The summed E-state index contributed by atoms with van der Waals surface area (Å²) in [6.07, 6.45) is 5.91. The molecule has 0 spiro atoms. The summed E-state index contributed by atoms with van der Waals surface area (Å²) in [5.41, 5.74) is 3.06. The van der Waals surface area contributed by atoms with Gasteiger partial charge in [-0.2, -0.15) is 0 Å². The van der Waals surface area contributed by atoms with Crippen molar-refractivity contribution in [1.29, 1.82) is 0 Å². The molecule has 2 aromatic heterocycles. The molecule has 0 radical (unpaired) electrons. The van der Waals surface area contributed by atoms with Crippen molar-refractivity contribution in [3.8, 4) is 22.8 Å². The van der Waals surface area contributed by atoms with Gasteiger partial charge in [0.25, 0.3) is 0 Å². The quantitative estimate of drug-likeness (QED) is 0.691. The molecule has 0 amide bonds. The second-order valence-electron chi connectivity index (χ2n) is 5.89. The molecule has 4 rings (SSSR count). The van der Waals surface area contributed by atoms with Gasteiger partial charge in [-0.05, 0) is 37.1 Å². The highest BCUT2D eigenvalue weighted by atomic mass is 32.1. The van der Waals surface area contributed by atoms with Crippen molar-refractivity contribution < 1.29 is 9.47 Å². The standard InChI is InChI=1S/C19H19N3O2S/c1-23-15-7-8-16(18(10-15)24-2)17-12-25-19(22(17)14-5-6-14)21-13-4-3-9-20-11-13/h3-4,7-12,14H,5-6H2,1-2H3. The Morgan fingerprint density at radius 3 is 2.76 bits per heavy atom. The van der Waals surface area contributed by atoms with Gasteiger partial charge in [0, 0.05) is 29.2 Å². The Hall–Kier alpha value is -2.60. The van der Waals surface area contributed by atoms with Gasteiger partial charge in [-0.1, -0.05) is 0 Å². The summed E-state index contributed by atoms with van der Waals surface area (Å²) in [6, 6.07) is 10.3. The van der Waals surface area contributed by atoms with E-state index in [1.807, 2.05) is 30.3 Å². The summed E-state index contributed by atoms with van der Waals surface area (Å²) in [4.78, 5) is 9.93. The minimum atomic E-state index is 0.503. The normalized spacial score (nSPS) is 14.6. The minimum Gasteiger partial charge on any atom is -0.497 e. The van der Waals surface area contributed by atoms with Crippen molar-refractivity contribution in [2.45, 2.75) is 18.9 Å². The second-order valence-corrected chi connectivity index (χ2v) is 6.73. The van der Waals surface area contributed by atoms with E-state index in [0.29, 0.717) is 6.04 Å². The molecule has 0 unspecified atom stereocenters. The van der Waals surface area contributed by atoms with E-state index in [0.717, 1.165) is 33.2 Å². The summed E-state index contributed by atoms with van der Waals surface area (Å²) in [7, 11) is 3.35. The van der Waals surface area contributed by atoms with E-state index in [1.54, 1.807) is 38.0 Å². The predicted octanol–water partition coefficient (Wildman–Crippen LogP) is 4.20. The first kappa shape index (κ1) is 15.9. The second kappa shape index (κ2) is 6.72. The molecule has 25 heavy (non-hydrogen) atoms. The first-order valence-electron chi connectivity index (χ1n) is 8.17. The number of aromatic nitrogens is 2. The number of pyridine rings is 1. The van der Waals surface area contributed by atoms with Crippen molar-refractivity contribution in [2.24, 2.45) is 4.99 Å². The third kappa shape index (κ3) is 3.17. The molecule has 3 aromatic rings. The molecule has 0 N–H and O–H groups in total. The van der Waals surface area contributed by atoms with Crippen molar-refractivity contribution in [1.82, 2.24) is 9.55 Å². The average molecular weight is 353 g/mol. The Morgan fingerprint density at radius 2 is 2.08 bits per heavy atom. The first-order chi connectivity index (χ1) is 12.3. The summed E-state index contributed by atoms with van der Waals surface area (Å²) in [5, 5.41) is 2.15. The number of methoxy groups -OCH3 is 2. The Kier molecular flexibility index (Phi) is 4.28. The van der Waals surface area contributed by atoms with Crippen LogP contribution in [0.3, 0.4) is 0 Å². The molecule has 1 aliphatic carbocycles. The van der Waals surface area contributed by atoms with Gasteiger partial charge in [-0.25, -0.2) is 4.99 Å². The number of rotatable bonds is 5. The van der Waals surface area contributed by atoms with E-state index in [1.165, 1.54) is 12.8 Å². The lowest BCUT2D eigenvalue weighted by Crippen LogP contribution is -2.14. The summed E-state index contributed by atoms with van der Waals surface area (Å²) in [5.74, 6) is 1.59. The van der Waals surface area contributed by atoms with E-state index in [9.17, 15) is 0 Å². The topological polar surface area (TPSA) is 48.6 Å². The Labute approximate surface area is 150 Å². The lowest BCUT2D eigenvalue weighted by Gasteiger charge is -2.12. The van der Waals surface area contributed by atoms with Gasteiger partial charge in [0.15, 0.2) is 4.80 Å². The molecule has 0 bridgehead atoms. The molecule has 1 fully saturated rings. The van der Waals surface area contributed by atoms with Crippen LogP contribution >= 0.6 is 11.3 Å². The largest absolute Gasteiger partial charge is 0.497 e. The van der Waals surface area contributed by atoms with Crippen LogP contribution < -0.4 is 14.3 Å². The highest BCUT2D eigenvalue weighted by Crippen LogP contribution is 2.41. The summed E-state index contributed by atoms with van der Waals surface area (Å²) < 4.78 is 13.2. The van der Waals surface area contributed by atoms with E-state index in [-0.39, 0.29) is 0 Å². The number of ether oxygens (including phenoxy) is 2. The molecule has 5 nitrogen and oxygen atoms in total. The lowest BCUT2D eigenvalue weighted by atomic mass is 10.1. The molecule has 1 saturated carbocycles. The number of thiazole rings is 1. The van der Waals surface area contributed by atoms with Crippen LogP contribution in [0.2, 0.25) is 0 Å². The Morgan fingerprint density at radius 1 is 1.20 bits per heavy atom. The zero-order valence-corrected chi connectivity index (χ0v) is 15.0. The SMILES string of the molecule is COc1ccc(-c2csc(=Nc3cccnc3)n2C2CC2)c(OC)c1. The molecule has 0 saturated heterocycles. The lowest BCUT2D eigenvalue weighted by molar-refractivity contribution is 0.395. The van der Waals surface area contributed by atoms with Crippen LogP contribution in [0.5, 0.6) is 11.5 Å². The number of benzene rings is 1. The van der Waals surface area contributed by atoms with Crippen molar-refractivity contribution >= 4 is 17.0 Å². The van der Waals surface area contributed by atoms with E-state index < -0.39 is 0 Å². The van der Waals surface area contributed by atoms with Gasteiger partial charge >= 0.3 is 0 Å². The molecule has 6 heteroatoms. The van der Waals surface area contributed by atoms with Crippen LogP contribution in [0.1, 0.15) is 18.9 Å². The zero-order valence-electron chi connectivity index (χ0n) is 14.2. The van der Waals surface area contributed by atoms with E-state index in [4.69, 9.17) is 14.5 Å². The van der Waals surface area contributed by atoms with Crippen LogP contribution in [0, 0.1) is 0 Å². The van der Waals surface area contributed by atoms with Crippen LogP contribution in [-0.4, -0.2) is 23.8 Å². The van der Waals surface area contributed by atoms with Gasteiger partial charge in [0.2, 0.25) is 0 Å². The van der Waals surface area contributed by atoms with Crippen LogP contribution in [0.4, 0.5) is 5.69 Å². The monoisotopic (exact) mass is 353 g/mol. The van der Waals surface area contributed by atoms with Crippen molar-refractivity contribution in [3.05, 3.63) is 52.9 Å². The summed E-state index contributed by atoms with van der Waals surface area (Å²) in [6.45, 7) is 0. The molecular weight excluding hydrogens is 334 g/mol. The predicted molar refractivity (Wildman–Crippen MR) is 98.6 cm³/mol. The molecule has 0 atom stereocenters. The number of hydrogen-bond donors (Lipinski definition) is 0. The number of hydrogen-bond acceptors (Lipinski definition) is 5. The highest BCUT2D eigenvalue weighted by molar-refractivity contribution is 7.07. The zero-order chi connectivity index (χ0) is 17.2. The smallest absolute Gasteiger partial charge is 0.190 e. The molecule has 128 valence electrons. The van der Waals surface area contributed by atoms with Gasteiger partial charge < -0.3 is 14.0 Å². The maximum Gasteiger partial charge on any atom is 0.190 e. The van der Waals surface area contributed by atoms with Gasteiger partial charge in [-0.15, -0.1) is 11.3 Å². The fourth-order valence-corrected chi connectivity index (χ4v) is 3.80. The molecule has 1 aromatic carbocycles. The van der Waals surface area contributed by atoms with Crippen molar-refractivity contribution in [3.63, 3.8) is 0 Å². The van der Waals surface area contributed by atoms with E-state index >= 15 is 0 Å². The highest BCUT2D eigenvalue weighted by Gasteiger charge is 2.28. The third-order valence-corrected chi connectivity index (χ3v) is 5.05. The molecule has 0 aliphatic heterocycles. The van der Waals surface area contributed by atoms with Crippen LogP contribution in [0.25, 0.3) is 11.3 Å². The maximum absolute atomic E-state index is 5.60. The molecule has 1 aliphatic rings. The fourth-order valence-electron chi connectivity index (χ4n) is 2.82. The van der Waals surface area contributed by atoms with Gasteiger partial charge in [0.05, 0.1) is 31.8 Å². The maximum atomic E-state index is 5.60. The van der Waals surface area contributed by atoms with Crippen molar-refractivity contribution in [2.75, 3.05) is 14.2 Å². The van der Waals surface area contributed by atoms with Gasteiger partial charge in [0.1, 0.15) is 11.5 Å². The fraction of sp³-hybridized carbons (Fsp3) is 0.263. The van der Waals surface area contributed by atoms with Crippen LogP contribution in [0.15, 0.2) is 53.1 Å². The molecule has 2 heterocycles. The summed E-state index contributed by atoms with van der Waals surface area (Å²) >= 11 is 1.65.